The van der Waals surface area contributed by atoms with Gasteiger partial charge in [0, 0.05) is 11.6 Å². The standard InChI is InChI=1S/C21H21Cl2N5O2/c22-14-9-12(8-13-15(14)20(30)28-21(13)6-2-1-3-7-21)26-17-16(23)18(25-10-24-17)27-19(29)11-4-5-11/h8-11H,1-7H2,(H,28,30)(H2,24,25,26,27,29). The third-order valence-electron chi connectivity index (χ3n) is 6.13. The molecule has 2 aromatic rings. The van der Waals surface area contributed by atoms with Gasteiger partial charge in [0.2, 0.25) is 5.91 Å². The van der Waals surface area contributed by atoms with Gasteiger partial charge in [0.05, 0.1) is 16.1 Å². The van der Waals surface area contributed by atoms with Gasteiger partial charge in [-0.25, -0.2) is 9.97 Å². The van der Waals surface area contributed by atoms with Crippen LogP contribution in [0.5, 0.6) is 0 Å². The third-order valence-corrected chi connectivity index (χ3v) is 6.79. The topological polar surface area (TPSA) is 96.0 Å². The molecule has 2 fully saturated rings. The highest BCUT2D eigenvalue weighted by molar-refractivity contribution is 6.36. The molecule has 1 aliphatic heterocycles. The van der Waals surface area contributed by atoms with Gasteiger partial charge in [0.25, 0.3) is 5.91 Å². The molecule has 2 saturated carbocycles. The van der Waals surface area contributed by atoms with Crippen molar-refractivity contribution in [3.8, 4) is 0 Å². The van der Waals surface area contributed by atoms with Crippen LogP contribution in [0, 0.1) is 5.92 Å². The van der Waals surface area contributed by atoms with Crippen LogP contribution in [-0.4, -0.2) is 21.8 Å². The summed E-state index contributed by atoms with van der Waals surface area (Å²) >= 11 is 12.9. The molecule has 3 N–H and O–H groups in total. The summed E-state index contributed by atoms with van der Waals surface area (Å²) in [5, 5.41) is 9.73. The molecule has 30 heavy (non-hydrogen) atoms. The summed E-state index contributed by atoms with van der Waals surface area (Å²) in [4.78, 5) is 33.0. The average molecular weight is 446 g/mol. The largest absolute Gasteiger partial charge is 0.342 e. The average Bonchev–Trinajstić information content (AvgIpc) is 3.53. The second-order valence-corrected chi connectivity index (χ2v) is 9.04. The van der Waals surface area contributed by atoms with Crippen LogP contribution >= 0.6 is 23.2 Å². The van der Waals surface area contributed by atoms with E-state index in [9.17, 15) is 9.59 Å². The monoisotopic (exact) mass is 445 g/mol. The lowest BCUT2D eigenvalue weighted by molar-refractivity contribution is -0.117. The molecule has 2 amide bonds. The first-order chi connectivity index (χ1) is 14.5. The van der Waals surface area contributed by atoms with E-state index >= 15 is 0 Å². The number of hydrogen-bond donors (Lipinski definition) is 3. The Morgan fingerprint density at radius 2 is 1.83 bits per heavy atom. The number of hydrogen-bond acceptors (Lipinski definition) is 5. The Labute approximate surface area is 184 Å². The van der Waals surface area contributed by atoms with E-state index < -0.39 is 0 Å². The first kappa shape index (κ1) is 19.6. The summed E-state index contributed by atoms with van der Waals surface area (Å²) in [6, 6.07) is 3.65. The van der Waals surface area contributed by atoms with Crippen molar-refractivity contribution in [2.45, 2.75) is 50.5 Å². The number of nitrogens with one attached hydrogen (secondary N) is 3. The number of halogens is 2. The Kier molecular flexibility index (Phi) is 4.82. The number of benzene rings is 1. The Hall–Kier alpha value is -2.38. The van der Waals surface area contributed by atoms with Crippen LogP contribution in [0.15, 0.2) is 18.5 Å². The molecule has 2 heterocycles. The lowest BCUT2D eigenvalue weighted by atomic mass is 9.77. The Morgan fingerprint density at radius 3 is 2.57 bits per heavy atom. The zero-order chi connectivity index (χ0) is 20.9. The number of fused-ring (bicyclic) bond motifs is 2. The molecule has 156 valence electrons. The van der Waals surface area contributed by atoms with E-state index in [1.165, 1.54) is 12.7 Å². The van der Waals surface area contributed by atoms with E-state index in [2.05, 4.69) is 25.9 Å². The van der Waals surface area contributed by atoms with Gasteiger partial charge in [-0.15, -0.1) is 0 Å². The van der Waals surface area contributed by atoms with Crippen LogP contribution in [0.4, 0.5) is 17.3 Å². The summed E-state index contributed by atoms with van der Waals surface area (Å²) in [6.07, 6.45) is 8.23. The van der Waals surface area contributed by atoms with Crippen molar-refractivity contribution < 1.29 is 9.59 Å². The number of carbonyl (C=O) groups excluding carboxylic acids is 2. The number of aromatic nitrogens is 2. The maximum absolute atomic E-state index is 12.6. The minimum Gasteiger partial charge on any atom is -0.342 e. The summed E-state index contributed by atoms with van der Waals surface area (Å²) in [6.45, 7) is 0. The van der Waals surface area contributed by atoms with Gasteiger partial charge in [-0.2, -0.15) is 0 Å². The van der Waals surface area contributed by atoms with Gasteiger partial charge in [-0.1, -0.05) is 42.5 Å². The molecule has 3 aliphatic rings. The maximum Gasteiger partial charge on any atom is 0.253 e. The van der Waals surface area contributed by atoms with E-state index in [1.54, 1.807) is 6.07 Å². The van der Waals surface area contributed by atoms with Crippen molar-refractivity contribution in [1.82, 2.24) is 15.3 Å². The molecule has 0 saturated heterocycles. The van der Waals surface area contributed by atoms with E-state index in [-0.39, 0.29) is 34.1 Å². The summed E-state index contributed by atoms with van der Waals surface area (Å²) in [7, 11) is 0. The van der Waals surface area contributed by atoms with E-state index in [4.69, 9.17) is 23.2 Å². The SMILES string of the molecule is O=C1NC2(CCCCC2)c2cc(Nc3ncnc(NC(=O)C4CC4)c3Cl)cc(Cl)c21. The first-order valence-electron chi connectivity index (χ1n) is 10.2. The van der Waals surface area contributed by atoms with Crippen molar-refractivity contribution in [1.29, 1.82) is 0 Å². The van der Waals surface area contributed by atoms with Crippen molar-refractivity contribution in [2.75, 3.05) is 10.6 Å². The van der Waals surface area contributed by atoms with Gasteiger partial charge in [-0.05, 0) is 43.4 Å². The van der Waals surface area contributed by atoms with Crippen molar-refractivity contribution in [3.05, 3.63) is 39.6 Å². The number of rotatable bonds is 4. The molecule has 9 heteroatoms. The fraction of sp³-hybridized carbons (Fsp3) is 0.429. The molecule has 7 nitrogen and oxygen atoms in total. The quantitative estimate of drug-likeness (QED) is 0.629. The Balaban J connectivity index is 1.46. The molecule has 1 aromatic carbocycles. The number of anilines is 3. The molecule has 0 unspecified atom stereocenters. The number of nitrogens with zero attached hydrogens (tertiary/aromatic N) is 2. The molecule has 0 radical (unpaired) electrons. The van der Waals surface area contributed by atoms with Crippen LogP contribution in [-0.2, 0) is 10.3 Å². The van der Waals surface area contributed by atoms with Crippen molar-refractivity contribution in [3.63, 3.8) is 0 Å². The van der Waals surface area contributed by atoms with Crippen molar-refractivity contribution in [2.24, 2.45) is 5.92 Å². The highest BCUT2D eigenvalue weighted by atomic mass is 35.5. The molecule has 2 aliphatic carbocycles. The lowest BCUT2D eigenvalue weighted by Gasteiger charge is -2.34. The fourth-order valence-electron chi connectivity index (χ4n) is 4.43. The summed E-state index contributed by atoms with van der Waals surface area (Å²) in [5.41, 5.74) is 1.80. The minimum atomic E-state index is -0.356. The number of carbonyl (C=O) groups is 2. The Morgan fingerprint density at radius 1 is 1.10 bits per heavy atom. The van der Waals surface area contributed by atoms with Crippen LogP contribution in [0.3, 0.4) is 0 Å². The zero-order valence-electron chi connectivity index (χ0n) is 16.2. The molecule has 0 bridgehead atoms. The first-order valence-corrected chi connectivity index (χ1v) is 11.0. The van der Waals surface area contributed by atoms with Gasteiger partial charge in [-0.3, -0.25) is 9.59 Å². The second kappa shape index (κ2) is 7.39. The highest BCUT2D eigenvalue weighted by Gasteiger charge is 2.44. The minimum absolute atomic E-state index is 0.0414. The van der Waals surface area contributed by atoms with Gasteiger partial charge in [0.15, 0.2) is 11.6 Å². The smallest absolute Gasteiger partial charge is 0.253 e. The van der Waals surface area contributed by atoms with E-state index in [0.29, 0.717) is 22.1 Å². The maximum atomic E-state index is 12.6. The van der Waals surface area contributed by atoms with Crippen LogP contribution in [0.1, 0.15) is 60.9 Å². The summed E-state index contributed by atoms with van der Waals surface area (Å²) < 4.78 is 0. The third kappa shape index (κ3) is 3.40. The molecule has 1 aromatic heterocycles. The van der Waals surface area contributed by atoms with E-state index in [1.807, 2.05) is 6.07 Å². The Bertz CT molecular complexity index is 1050. The number of amides is 2. The van der Waals surface area contributed by atoms with Crippen molar-refractivity contribution >= 4 is 52.3 Å². The normalized spacial score (nSPS) is 19.3. The molecule has 0 atom stereocenters. The van der Waals surface area contributed by atoms with Gasteiger partial charge < -0.3 is 16.0 Å². The van der Waals surface area contributed by atoms with Crippen LogP contribution in [0.25, 0.3) is 0 Å². The molecule has 5 rings (SSSR count). The summed E-state index contributed by atoms with van der Waals surface area (Å²) in [5.74, 6) is 0.488. The van der Waals surface area contributed by atoms with Crippen LogP contribution < -0.4 is 16.0 Å². The van der Waals surface area contributed by atoms with Crippen LogP contribution in [0.2, 0.25) is 10.0 Å². The molecular weight excluding hydrogens is 425 g/mol. The van der Waals surface area contributed by atoms with E-state index in [0.717, 1.165) is 44.1 Å². The molecular formula is C21H21Cl2N5O2. The van der Waals surface area contributed by atoms with Gasteiger partial charge >= 0.3 is 0 Å². The highest BCUT2D eigenvalue weighted by Crippen LogP contribution is 2.46. The van der Waals surface area contributed by atoms with Gasteiger partial charge in [0.1, 0.15) is 11.3 Å². The predicted molar refractivity (Wildman–Crippen MR) is 115 cm³/mol. The predicted octanol–water partition coefficient (Wildman–Crippen LogP) is 4.78. The molecule has 1 spiro atoms. The fourth-order valence-corrected chi connectivity index (χ4v) is 4.93. The zero-order valence-corrected chi connectivity index (χ0v) is 17.7. The second-order valence-electron chi connectivity index (χ2n) is 8.25. The lowest BCUT2D eigenvalue weighted by Crippen LogP contribution is -2.40.